The monoisotopic (exact) mass is 241 g/mol. The molecular weight excluding hydrogens is 222 g/mol. The molecule has 1 heterocycles. The molecule has 3 rings (SSSR count). The van der Waals surface area contributed by atoms with Gasteiger partial charge in [0.05, 0.1) is 0 Å². The number of aromatic nitrogens is 1. The summed E-state index contributed by atoms with van der Waals surface area (Å²) in [4.78, 5) is 6.74. The zero-order valence-corrected chi connectivity index (χ0v) is 11.0. The van der Waals surface area contributed by atoms with Crippen LogP contribution < -0.4 is 10.6 Å². The minimum atomic E-state index is 0.685. The maximum Gasteiger partial charge on any atom is 0.0448 e. The summed E-state index contributed by atoms with van der Waals surface area (Å²) in [5, 5.41) is 2.28. The molecular formula is C15H19N3. The van der Waals surface area contributed by atoms with E-state index in [0.717, 1.165) is 16.8 Å². The van der Waals surface area contributed by atoms with Crippen molar-refractivity contribution in [3.63, 3.8) is 0 Å². The fourth-order valence-corrected chi connectivity index (χ4v) is 2.63. The summed E-state index contributed by atoms with van der Waals surface area (Å²) in [6.07, 6.45) is 5.83. The normalized spacial score (nSPS) is 15.7. The van der Waals surface area contributed by atoms with E-state index >= 15 is 0 Å². The van der Waals surface area contributed by atoms with Crippen molar-refractivity contribution in [2.24, 2.45) is 0 Å². The molecule has 0 unspecified atom stereocenters. The molecule has 1 aliphatic carbocycles. The van der Waals surface area contributed by atoms with E-state index in [9.17, 15) is 0 Å². The summed E-state index contributed by atoms with van der Waals surface area (Å²) < 4.78 is 0. The van der Waals surface area contributed by atoms with Gasteiger partial charge in [-0.3, -0.25) is 4.98 Å². The Kier molecular flexibility index (Phi) is 2.62. The van der Waals surface area contributed by atoms with Crippen molar-refractivity contribution in [3.8, 4) is 0 Å². The highest BCUT2D eigenvalue weighted by molar-refractivity contribution is 6.01. The number of hydrogen-bond donors (Lipinski definition) is 1. The second-order valence-electron chi connectivity index (χ2n) is 5.24. The van der Waals surface area contributed by atoms with Crippen LogP contribution in [0, 0.1) is 6.92 Å². The first kappa shape index (κ1) is 11.3. The van der Waals surface area contributed by atoms with Crippen LogP contribution in [-0.2, 0) is 0 Å². The first-order valence-corrected chi connectivity index (χ1v) is 6.54. The predicted octanol–water partition coefficient (Wildman–Crippen LogP) is 3.11. The molecule has 0 aliphatic heterocycles. The number of rotatable bonds is 2. The Morgan fingerprint density at radius 1 is 1.28 bits per heavy atom. The quantitative estimate of drug-likeness (QED) is 0.821. The first-order valence-electron chi connectivity index (χ1n) is 6.54. The maximum absolute atomic E-state index is 6.04. The third kappa shape index (κ3) is 1.70. The molecule has 18 heavy (non-hydrogen) atoms. The van der Waals surface area contributed by atoms with Crippen LogP contribution in [-0.4, -0.2) is 18.1 Å². The minimum absolute atomic E-state index is 0.685. The van der Waals surface area contributed by atoms with Crippen LogP contribution in [0.15, 0.2) is 24.4 Å². The highest BCUT2D eigenvalue weighted by Crippen LogP contribution is 2.35. The third-order valence-corrected chi connectivity index (χ3v) is 4.05. The molecule has 1 aromatic heterocycles. The summed E-state index contributed by atoms with van der Waals surface area (Å²) >= 11 is 0. The lowest BCUT2D eigenvalue weighted by atomic mass is 9.91. The minimum Gasteiger partial charge on any atom is -0.398 e. The zero-order chi connectivity index (χ0) is 12.7. The van der Waals surface area contributed by atoms with Gasteiger partial charge in [-0.2, -0.15) is 0 Å². The lowest BCUT2D eigenvalue weighted by Crippen LogP contribution is -2.37. The molecule has 3 heteroatoms. The summed E-state index contributed by atoms with van der Waals surface area (Å²) in [5.74, 6) is 0. The van der Waals surface area contributed by atoms with Gasteiger partial charge in [-0.25, -0.2) is 0 Å². The standard InChI is InChI=1S/C15H19N3/c1-10-8-12-13(9-17-10)14(16)6-7-15(12)18(2)11-4-3-5-11/h6-9,11H,3-5,16H2,1-2H3. The molecule has 94 valence electrons. The van der Waals surface area contributed by atoms with Gasteiger partial charge in [-0.15, -0.1) is 0 Å². The van der Waals surface area contributed by atoms with Gasteiger partial charge in [-0.1, -0.05) is 0 Å². The van der Waals surface area contributed by atoms with E-state index in [1.165, 1.54) is 30.3 Å². The molecule has 0 atom stereocenters. The van der Waals surface area contributed by atoms with Crippen LogP contribution in [0.5, 0.6) is 0 Å². The number of nitrogens with zero attached hydrogens (tertiary/aromatic N) is 2. The number of anilines is 2. The van der Waals surface area contributed by atoms with E-state index in [2.05, 4.69) is 29.1 Å². The summed E-state index contributed by atoms with van der Waals surface area (Å²) in [5.41, 5.74) is 9.16. The van der Waals surface area contributed by atoms with Gasteiger partial charge in [0.25, 0.3) is 0 Å². The maximum atomic E-state index is 6.04. The van der Waals surface area contributed by atoms with Crippen molar-refractivity contribution < 1.29 is 0 Å². The van der Waals surface area contributed by atoms with Crippen molar-refractivity contribution in [2.75, 3.05) is 17.7 Å². The average molecular weight is 241 g/mol. The Bertz CT molecular complexity index is 588. The van der Waals surface area contributed by atoms with Gasteiger partial charge in [0.15, 0.2) is 0 Å². The molecule has 0 amide bonds. The number of nitrogen functional groups attached to an aromatic ring is 1. The van der Waals surface area contributed by atoms with Gasteiger partial charge < -0.3 is 10.6 Å². The van der Waals surface area contributed by atoms with Crippen molar-refractivity contribution >= 4 is 22.1 Å². The molecule has 2 aromatic rings. The lowest BCUT2D eigenvalue weighted by Gasteiger charge is -2.37. The molecule has 2 N–H and O–H groups in total. The van der Waals surface area contributed by atoms with Crippen molar-refractivity contribution in [3.05, 3.63) is 30.1 Å². The highest BCUT2D eigenvalue weighted by atomic mass is 15.1. The van der Waals surface area contributed by atoms with Crippen LogP contribution in [0.2, 0.25) is 0 Å². The number of hydrogen-bond acceptors (Lipinski definition) is 3. The second kappa shape index (κ2) is 4.16. The molecule has 0 spiro atoms. The van der Waals surface area contributed by atoms with E-state index in [1.807, 2.05) is 19.2 Å². The van der Waals surface area contributed by atoms with E-state index in [4.69, 9.17) is 5.73 Å². The molecule has 3 nitrogen and oxygen atoms in total. The Morgan fingerprint density at radius 3 is 2.72 bits per heavy atom. The summed E-state index contributed by atoms with van der Waals surface area (Å²) in [6, 6.07) is 6.94. The number of benzene rings is 1. The van der Waals surface area contributed by atoms with Crippen LogP contribution in [0.3, 0.4) is 0 Å². The third-order valence-electron chi connectivity index (χ3n) is 4.05. The van der Waals surface area contributed by atoms with Crippen molar-refractivity contribution in [1.29, 1.82) is 0 Å². The lowest BCUT2D eigenvalue weighted by molar-refractivity contribution is 0.402. The van der Waals surface area contributed by atoms with Crippen LogP contribution in [0.1, 0.15) is 25.0 Å². The van der Waals surface area contributed by atoms with Crippen LogP contribution in [0.4, 0.5) is 11.4 Å². The molecule has 0 saturated heterocycles. The van der Waals surface area contributed by atoms with E-state index in [-0.39, 0.29) is 0 Å². The first-order chi connectivity index (χ1) is 8.66. The Hall–Kier alpha value is -1.77. The Labute approximate surface area is 108 Å². The van der Waals surface area contributed by atoms with Gasteiger partial charge in [0.1, 0.15) is 0 Å². The number of aryl methyl sites for hydroxylation is 1. The van der Waals surface area contributed by atoms with E-state index in [0.29, 0.717) is 6.04 Å². The van der Waals surface area contributed by atoms with Crippen molar-refractivity contribution in [2.45, 2.75) is 32.2 Å². The van der Waals surface area contributed by atoms with Crippen molar-refractivity contribution in [1.82, 2.24) is 4.98 Å². The van der Waals surface area contributed by atoms with Gasteiger partial charge in [0.2, 0.25) is 0 Å². The number of nitrogens with two attached hydrogens (primary N) is 1. The SMILES string of the molecule is Cc1cc2c(N(C)C3CCC3)ccc(N)c2cn1. The highest BCUT2D eigenvalue weighted by Gasteiger charge is 2.23. The Morgan fingerprint density at radius 2 is 2.06 bits per heavy atom. The van der Waals surface area contributed by atoms with Gasteiger partial charge in [0, 0.05) is 47.1 Å². The fraction of sp³-hybridized carbons (Fsp3) is 0.400. The van der Waals surface area contributed by atoms with E-state index < -0.39 is 0 Å². The largest absolute Gasteiger partial charge is 0.398 e. The van der Waals surface area contributed by atoms with Gasteiger partial charge in [-0.05, 0) is 44.4 Å². The average Bonchev–Trinajstić information content (AvgIpc) is 2.26. The smallest absolute Gasteiger partial charge is 0.0448 e. The zero-order valence-electron chi connectivity index (χ0n) is 11.0. The summed E-state index contributed by atoms with van der Waals surface area (Å²) in [7, 11) is 2.19. The Balaban J connectivity index is 2.16. The molecule has 1 fully saturated rings. The van der Waals surface area contributed by atoms with Crippen LogP contribution in [0.25, 0.3) is 10.8 Å². The topological polar surface area (TPSA) is 42.1 Å². The molecule has 1 saturated carbocycles. The van der Waals surface area contributed by atoms with Crippen LogP contribution >= 0.6 is 0 Å². The molecule has 1 aliphatic rings. The predicted molar refractivity (Wildman–Crippen MR) is 76.9 cm³/mol. The molecule has 1 aromatic carbocycles. The fourth-order valence-electron chi connectivity index (χ4n) is 2.63. The van der Waals surface area contributed by atoms with Gasteiger partial charge >= 0.3 is 0 Å². The number of fused-ring (bicyclic) bond motifs is 1. The number of pyridine rings is 1. The summed E-state index contributed by atoms with van der Waals surface area (Å²) in [6.45, 7) is 2.02. The second-order valence-corrected chi connectivity index (χ2v) is 5.24. The molecule has 0 radical (unpaired) electrons. The molecule has 0 bridgehead atoms. The van der Waals surface area contributed by atoms with E-state index in [1.54, 1.807) is 0 Å².